The summed E-state index contributed by atoms with van der Waals surface area (Å²) in [5.74, 6) is 0.705. The van der Waals surface area contributed by atoms with E-state index in [-0.39, 0.29) is 5.25 Å². The normalized spacial score (nSPS) is 13.9. The van der Waals surface area contributed by atoms with E-state index in [1.54, 1.807) is 12.5 Å². The highest BCUT2D eigenvalue weighted by Gasteiger charge is 2.10. The maximum atomic E-state index is 11.2. The molecule has 0 saturated heterocycles. The predicted octanol–water partition coefficient (Wildman–Crippen LogP) is 1.59. The molecule has 1 heterocycles. The lowest BCUT2D eigenvalue weighted by atomic mass is 10.1. The molecule has 6 heteroatoms. The number of nitrogens with one attached hydrogen (secondary N) is 1. The van der Waals surface area contributed by atoms with Crippen molar-refractivity contribution in [2.75, 3.05) is 18.1 Å². The summed E-state index contributed by atoms with van der Waals surface area (Å²) in [7, 11) is -0.798. The standard InChI is InChI=1S/C12H19N3OS2/c1-8-4-6-14-12(10(8)11(13)17)15-7-5-9(2)18(3)16/h4,6,9H,5,7H2,1-3H3,(H2,13,17)(H,14,15). The van der Waals surface area contributed by atoms with Crippen molar-refractivity contribution < 1.29 is 4.21 Å². The third-order valence-electron chi connectivity index (χ3n) is 2.82. The molecule has 18 heavy (non-hydrogen) atoms. The third-order valence-corrected chi connectivity index (χ3v) is 4.39. The van der Waals surface area contributed by atoms with Gasteiger partial charge >= 0.3 is 0 Å². The zero-order valence-electron chi connectivity index (χ0n) is 10.9. The molecule has 0 aliphatic heterocycles. The molecule has 0 saturated carbocycles. The van der Waals surface area contributed by atoms with Gasteiger partial charge in [0.1, 0.15) is 10.8 Å². The minimum absolute atomic E-state index is 0.163. The first-order valence-corrected chi connectivity index (χ1v) is 7.78. The topological polar surface area (TPSA) is 68.0 Å². The summed E-state index contributed by atoms with van der Waals surface area (Å²) < 4.78 is 11.2. The molecule has 1 aromatic heterocycles. The van der Waals surface area contributed by atoms with Crippen LogP contribution in [-0.2, 0) is 10.8 Å². The molecule has 0 spiro atoms. The van der Waals surface area contributed by atoms with Crippen LogP contribution in [0.5, 0.6) is 0 Å². The fourth-order valence-electron chi connectivity index (χ4n) is 1.56. The Labute approximate surface area is 116 Å². The van der Waals surface area contributed by atoms with E-state index < -0.39 is 10.8 Å². The molecule has 1 aromatic rings. The number of anilines is 1. The minimum Gasteiger partial charge on any atom is -0.389 e. The monoisotopic (exact) mass is 285 g/mol. The van der Waals surface area contributed by atoms with Crippen molar-refractivity contribution in [2.45, 2.75) is 25.5 Å². The first kappa shape index (κ1) is 15.0. The largest absolute Gasteiger partial charge is 0.389 e. The fraction of sp³-hybridized carbons (Fsp3) is 0.500. The summed E-state index contributed by atoms with van der Waals surface area (Å²) in [4.78, 5) is 4.59. The highest BCUT2D eigenvalue weighted by atomic mass is 32.2. The Morgan fingerprint density at radius 1 is 1.67 bits per heavy atom. The van der Waals surface area contributed by atoms with Crippen molar-refractivity contribution >= 4 is 33.8 Å². The molecular weight excluding hydrogens is 266 g/mol. The van der Waals surface area contributed by atoms with Crippen LogP contribution in [0, 0.1) is 6.92 Å². The maximum Gasteiger partial charge on any atom is 0.136 e. The Hall–Kier alpha value is -1.01. The Kier molecular flexibility index (Phi) is 5.68. The molecule has 0 aliphatic carbocycles. The van der Waals surface area contributed by atoms with E-state index in [1.165, 1.54) is 0 Å². The van der Waals surface area contributed by atoms with Gasteiger partial charge < -0.3 is 11.1 Å². The van der Waals surface area contributed by atoms with Gasteiger partial charge in [-0.3, -0.25) is 4.21 Å². The maximum absolute atomic E-state index is 11.2. The second kappa shape index (κ2) is 6.80. The van der Waals surface area contributed by atoms with E-state index in [4.69, 9.17) is 18.0 Å². The summed E-state index contributed by atoms with van der Waals surface area (Å²) in [6.45, 7) is 4.62. The van der Waals surface area contributed by atoms with E-state index in [0.29, 0.717) is 17.4 Å². The second-order valence-corrected chi connectivity index (χ2v) is 6.48. The van der Waals surface area contributed by atoms with Crippen LogP contribution < -0.4 is 11.1 Å². The molecule has 0 aliphatic rings. The lowest BCUT2D eigenvalue weighted by molar-refractivity contribution is 0.672. The lowest BCUT2D eigenvalue weighted by Crippen LogP contribution is -2.19. The number of hydrogen-bond acceptors (Lipinski definition) is 4. The molecule has 3 N–H and O–H groups in total. The van der Waals surface area contributed by atoms with Gasteiger partial charge in [-0.2, -0.15) is 0 Å². The first-order chi connectivity index (χ1) is 8.43. The van der Waals surface area contributed by atoms with Gasteiger partial charge in [-0.25, -0.2) is 4.98 Å². The molecule has 4 nitrogen and oxygen atoms in total. The van der Waals surface area contributed by atoms with Crippen molar-refractivity contribution in [3.63, 3.8) is 0 Å². The van der Waals surface area contributed by atoms with Crippen LogP contribution in [0.4, 0.5) is 5.82 Å². The van der Waals surface area contributed by atoms with Gasteiger partial charge in [0.05, 0.1) is 5.56 Å². The number of pyridine rings is 1. The second-order valence-electron chi connectivity index (χ2n) is 4.24. The summed E-state index contributed by atoms with van der Waals surface area (Å²) in [6.07, 6.45) is 4.26. The number of rotatable bonds is 6. The Morgan fingerprint density at radius 3 is 2.89 bits per heavy atom. The van der Waals surface area contributed by atoms with Crippen molar-refractivity contribution in [1.29, 1.82) is 0 Å². The Bertz CT molecular complexity index is 463. The van der Waals surface area contributed by atoms with Crippen LogP contribution in [0.3, 0.4) is 0 Å². The highest BCUT2D eigenvalue weighted by Crippen LogP contribution is 2.16. The number of nitrogens with two attached hydrogens (primary N) is 1. The van der Waals surface area contributed by atoms with Crippen molar-refractivity contribution in [2.24, 2.45) is 5.73 Å². The molecule has 100 valence electrons. The number of aromatic nitrogens is 1. The van der Waals surface area contributed by atoms with Gasteiger partial charge in [0, 0.05) is 35.0 Å². The summed E-state index contributed by atoms with van der Waals surface area (Å²) in [6, 6.07) is 1.88. The van der Waals surface area contributed by atoms with E-state index in [9.17, 15) is 4.21 Å². The first-order valence-electron chi connectivity index (χ1n) is 5.75. The SMILES string of the molecule is Cc1ccnc(NCCC(C)S(C)=O)c1C(N)=S. The van der Waals surface area contributed by atoms with Crippen LogP contribution in [0.1, 0.15) is 24.5 Å². The highest BCUT2D eigenvalue weighted by molar-refractivity contribution is 7.84. The van der Waals surface area contributed by atoms with Gasteiger partial charge in [0.15, 0.2) is 0 Å². The van der Waals surface area contributed by atoms with Gasteiger partial charge in [0.2, 0.25) is 0 Å². The van der Waals surface area contributed by atoms with E-state index in [1.807, 2.05) is 19.9 Å². The molecular formula is C12H19N3OS2. The van der Waals surface area contributed by atoms with Crippen LogP contribution in [0.15, 0.2) is 12.3 Å². The van der Waals surface area contributed by atoms with Gasteiger partial charge in [-0.05, 0) is 25.0 Å². The quantitative estimate of drug-likeness (QED) is 0.777. The summed E-state index contributed by atoms with van der Waals surface area (Å²) >= 11 is 5.03. The number of aryl methyl sites for hydroxylation is 1. The average Bonchev–Trinajstić information content (AvgIpc) is 2.28. The van der Waals surface area contributed by atoms with Crippen molar-refractivity contribution in [3.8, 4) is 0 Å². The Balaban J connectivity index is 2.71. The molecule has 0 radical (unpaired) electrons. The molecule has 0 aromatic carbocycles. The van der Waals surface area contributed by atoms with Gasteiger partial charge in [0.25, 0.3) is 0 Å². The minimum atomic E-state index is -0.798. The summed E-state index contributed by atoms with van der Waals surface area (Å²) in [5.41, 5.74) is 7.49. The van der Waals surface area contributed by atoms with Crippen LogP contribution in [0.25, 0.3) is 0 Å². The lowest BCUT2D eigenvalue weighted by Gasteiger charge is -2.13. The van der Waals surface area contributed by atoms with Crippen LogP contribution in [-0.4, -0.2) is 32.2 Å². The van der Waals surface area contributed by atoms with E-state index in [2.05, 4.69) is 10.3 Å². The van der Waals surface area contributed by atoms with Gasteiger partial charge in [-0.15, -0.1) is 0 Å². The number of hydrogen-bond donors (Lipinski definition) is 2. The molecule has 2 unspecified atom stereocenters. The zero-order valence-corrected chi connectivity index (χ0v) is 12.5. The molecule has 1 rings (SSSR count). The van der Waals surface area contributed by atoms with Gasteiger partial charge in [-0.1, -0.05) is 19.1 Å². The third kappa shape index (κ3) is 4.03. The molecule has 0 fully saturated rings. The number of thiocarbonyl (C=S) groups is 1. The molecule has 0 amide bonds. The smallest absolute Gasteiger partial charge is 0.136 e. The molecule has 2 atom stereocenters. The summed E-state index contributed by atoms with van der Waals surface area (Å²) in [5, 5.41) is 3.37. The van der Waals surface area contributed by atoms with Crippen molar-refractivity contribution in [3.05, 3.63) is 23.4 Å². The Morgan fingerprint density at radius 2 is 2.33 bits per heavy atom. The van der Waals surface area contributed by atoms with Crippen LogP contribution in [0.2, 0.25) is 0 Å². The zero-order chi connectivity index (χ0) is 13.7. The van der Waals surface area contributed by atoms with E-state index in [0.717, 1.165) is 17.5 Å². The average molecular weight is 285 g/mol. The fourth-order valence-corrected chi connectivity index (χ4v) is 2.27. The van der Waals surface area contributed by atoms with Crippen LogP contribution >= 0.6 is 12.2 Å². The predicted molar refractivity (Wildman–Crippen MR) is 81.5 cm³/mol. The van der Waals surface area contributed by atoms with Crippen molar-refractivity contribution in [1.82, 2.24) is 4.98 Å². The number of nitrogens with zero attached hydrogens (tertiary/aromatic N) is 1. The molecule has 0 bridgehead atoms. The van der Waals surface area contributed by atoms with E-state index >= 15 is 0 Å².